The molecule has 1 unspecified atom stereocenters. The third-order valence-corrected chi connectivity index (χ3v) is 6.25. The van der Waals surface area contributed by atoms with E-state index in [9.17, 15) is 4.79 Å². The quantitative estimate of drug-likeness (QED) is 0.777. The van der Waals surface area contributed by atoms with E-state index >= 15 is 0 Å². The summed E-state index contributed by atoms with van der Waals surface area (Å²) < 4.78 is 0. The van der Waals surface area contributed by atoms with Crippen molar-refractivity contribution in [1.82, 2.24) is 9.88 Å². The van der Waals surface area contributed by atoms with E-state index in [0.717, 1.165) is 28.7 Å². The van der Waals surface area contributed by atoms with Crippen LogP contribution in [0.25, 0.3) is 10.6 Å². The Balaban J connectivity index is 1.89. The zero-order chi connectivity index (χ0) is 15.5. The lowest BCUT2D eigenvalue weighted by Crippen LogP contribution is -2.27. The standard InChI is InChI=1S/C15H18ClN3OS2/c1-2-11-4-3-5-19(11)7-13-14(12-6-10(16)8-21-12)18-15(22-13)17-9-20/h6,8-9,11H,2-5,7H2,1H3,(H,17,18,20). The fraction of sp³-hybridized carbons (Fsp3) is 0.467. The monoisotopic (exact) mass is 355 g/mol. The topological polar surface area (TPSA) is 45.2 Å². The smallest absolute Gasteiger partial charge is 0.213 e. The molecule has 1 amide bonds. The van der Waals surface area contributed by atoms with E-state index in [1.807, 2.05) is 11.4 Å². The van der Waals surface area contributed by atoms with E-state index in [-0.39, 0.29) is 0 Å². The Kier molecular flexibility index (Phi) is 5.13. The van der Waals surface area contributed by atoms with Crippen molar-refractivity contribution in [2.75, 3.05) is 11.9 Å². The molecule has 3 heterocycles. The summed E-state index contributed by atoms with van der Waals surface area (Å²) >= 11 is 9.20. The molecule has 2 aromatic rings. The van der Waals surface area contributed by atoms with Gasteiger partial charge in [-0.05, 0) is 31.9 Å². The van der Waals surface area contributed by atoms with Crippen LogP contribution in [0.1, 0.15) is 31.1 Å². The van der Waals surface area contributed by atoms with Gasteiger partial charge in [-0.1, -0.05) is 29.9 Å². The average molecular weight is 356 g/mol. The molecule has 22 heavy (non-hydrogen) atoms. The van der Waals surface area contributed by atoms with Crippen molar-refractivity contribution in [1.29, 1.82) is 0 Å². The highest BCUT2D eigenvalue weighted by Crippen LogP contribution is 2.37. The summed E-state index contributed by atoms with van der Waals surface area (Å²) in [7, 11) is 0. The van der Waals surface area contributed by atoms with Crippen LogP contribution in [0.4, 0.5) is 5.13 Å². The Hall–Kier alpha value is -0.950. The van der Waals surface area contributed by atoms with Crippen molar-refractivity contribution >= 4 is 45.8 Å². The Labute approximate surface area is 143 Å². The summed E-state index contributed by atoms with van der Waals surface area (Å²) in [6.07, 6.45) is 4.39. The molecule has 1 aliphatic heterocycles. The molecular formula is C15H18ClN3OS2. The number of amides is 1. The number of carbonyl (C=O) groups is 1. The number of anilines is 1. The molecule has 1 fully saturated rings. The lowest BCUT2D eigenvalue weighted by molar-refractivity contribution is -0.105. The summed E-state index contributed by atoms with van der Waals surface area (Å²) in [4.78, 5) is 20.1. The van der Waals surface area contributed by atoms with Gasteiger partial charge in [0, 0.05) is 22.8 Å². The predicted molar refractivity (Wildman–Crippen MR) is 93.8 cm³/mol. The lowest BCUT2D eigenvalue weighted by atomic mass is 10.1. The van der Waals surface area contributed by atoms with Gasteiger partial charge in [-0.15, -0.1) is 11.3 Å². The van der Waals surface area contributed by atoms with Gasteiger partial charge in [-0.25, -0.2) is 4.98 Å². The second-order valence-corrected chi connectivity index (χ2v) is 7.79. The first kappa shape index (κ1) is 15.9. The minimum absolute atomic E-state index is 0.650. The van der Waals surface area contributed by atoms with E-state index < -0.39 is 0 Å². The fourth-order valence-corrected chi connectivity index (χ4v) is 5.07. The Morgan fingerprint density at radius 1 is 1.59 bits per heavy atom. The number of halogens is 1. The number of nitrogens with one attached hydrogen (secondary N) is 1. The molecule has 3 rings (SSSR count). The molecule has 0 radical (unpaired) electrons. The molecule has 0 spiro atoms. The van der Waals surface area contributed by atoms with Crippen LogP contribution in [-0.2, 0) is 11.3 Å². The van der Waals surface area contributed by atoms with Crippen LogP contribution < -0.4 is 5.32 Å². The third kappa shape index (κ3) is 3.35. The van der Waals surface area contributed by atoms with Crippen molar-refractivity contribution in [2.45, 2.75) is 38.8 Å². The number of thiophene rings is 1. The molecule has 2 aromatic heterocycles. The summed E-state index contributed by atoms with van der Waals surface area (Å²) in [6, 6.07) is 2.60. The molecule has 1 atom stereocenters. The van der Waals surface area contributed by atoms with Gasteiger partial charge in [-0.3, -0.25) is 9.69 Å². The van der Waals surface area contributed by atoms with Crippen molar-refractivity contribution in [3.05, 3.63) is 21.3 Å². The normalized spacial score (nSPS) is 18.7. The molecule has 0 aliphatic carbocycles. The van der Waals surface area contributed by atoms with Gasteiger partial charge in [0.2, 0.25) is 6.41 Å². The highest BCUT2D eigenvalue weighted by molar-refractivity contribution is 7.17. The van der Waals surface area contributed by atoms with E-state index in [1.54, 1.807) is 22.7 Å². The third-order valence-electron chi connectivity index (χ3n) is 4.00. The highest BCUT2D eigenvalue weighted by atomic mass is 35.5. The van der Waals surface area contributed by atoms with Crippen LogP contribution in [0.15, 0.2) is 11.4 Å². The van der Waals surface area contributed by atoms with Crippen molar-refractivity contribution < 1.29 is 4.79 Å². The number of hydrogen-bond acceptors (Lipinski definition) is 5. The van der Waals surface area contributed by atoms with Crippen LogP contribution in [0.5, 0.6) is 0 Å². The molecule has 0 bridgehead atoms. The largest absolute Gasteiger partial charge is 0.305 e. The van der Waals surface area contributed by atoms with Crippen molar-refractivity contribution in [3.8, 4) is 10.6 Å². The van der Waals surface area contributed by atoms with Gasteiger partial charge in [0.15, 0.2) is 5.13 Å². The van der Waals surface area contributed by atoms with Gasteiger partial charge < -0.3 is 5.32 Å². The number of carbonyl (C=O) groups excluding carboxylic acids is 1. The average Bonchev–Trinajstić information content (AvgIpc) is 3.20. The minimum atomic E-state index is 0.650. The SMILES string of the molecule is CCC1CCCN1Cc1sc(NC=O)nc1-c1cc(Cl)cs1. The maximum Gasteiger partial charge on any atom is 0.213 e. The number of nitrogens with zero attached hydrogens (tertiary/aromatic N) is 2. The first-order chi connectivity index (χ1) is 10.7. The second kappa shape index (κ2) is 7.08. The van der Waals surface area contributed by atoms with Gasteiger partial charge >= 0.3 is 0 Å². The number of aromatic nitrogens is 1. The van der Waals surface area contributed by atoms with E-state index in [1.165, 1.54) is 24.1 Å². The minimum Gasteiger partial charge on any atom is -0.305 e. The van der Waals surface area contributed by atoms with E-state index in [2.05, 4.69) is 22.1 Å². The van der Waals surface area contributed by atoms with Gasteiger partial charge in [0.05, 0.1) is 15.6 Å². The number of rotatable bonds is 6. The maximum absolute atomic E-state index is 10.7. The molecule has 1 N–H and O–H groups in total. The van der Waals surface area contributed by atoms with E-state index in [0.29, 0.717) is 17.6 Å². The molecular weight excluding hydrogens is 338 g/mol. The van der Waals surface area contributed by atoms with Crippen LogP contribution in [0.3, 0.4) is 0 Å². The van der Waals surface area contributed by atoms with E-state index in [4.69, 9.17) is 11.6 Å². The number of likely N-dealkylation sites (tertiary alicyclic amines) is 1. The first-order valence-electron chi connectivity index (χ1n) is 7.39. The first-order valence-corrected chi connectivity index (χ1v) is 9.47. The molecule has 0 aromatic carbocycles. The Bertz CT molecular complexity index is 655. The lowest BCUT2D eigenvalue weighted by Gasteiger charge is -2.22. The highest BCUT2D eigenvalue weighted by Gasteiger charge is 2.25. The summed E-state index contributed by atoms with van der Waals surface area (Å²) in [5.41, 5.74) is 0.952. The van der Waals surface area contributed by atoms with Gasteiger partial charge in [0.1, 0.15) is 0 Å². The van der Waals surface area contributed by atoms with Crippen LogP contribution >= 0.6 is 34.3 Å². The Morgan fingerprint density at radius 2 is 2.45 bits per heavy atom. The van der Waals surface area contributed by atoms with Crippen LogP contribution in [0.2, 0.25) is 5.02 Å². The fourth-order valence-electron chi connectivity index (χ4n) is 2.95. The van der Waals surface area contributed by atoms with Gasteiger partial charge in [0.25, 0.3) is 0 Å². The Morgan fingerprint density at radius 3 is 3.14 bits per heavy atom. The molecule has 0 saturated carbocycles. The number of hydrogen-bond donors (Lipinski definition) is 1. The van der Waals surface area contributed by atoms with Gasteiger partial charge in [-0.2, -0.15) is 0 Å². The summed E-state index contributed by atoms with van der Waals surface area (Å²) in [5.74, 6) is 0. The van der Waals surface area contributed by atoms with Crippen molar-refractivity contribution in [2.24, 2.45) is 0 Å². The predicted octanol–water partition coefficient (Wildman–Crippen LogP) is 4.47. The molecule has 1 saturated heterocycles. The molecule has 118 valence electrons. The second-order valence-electron chi connectivity index (χ2n) is 5.36. The number of thiazole rings is 1. The molecule has 4 nitrogen and oxygen atoms in total. The zero-order valence-electron chi connectivity index (χ0n) is 12.3. The van der Waals surface area contributed by atoms with Crippen LogP contribution in [-0.4, -0.2) is 28.9 Å². The zero-order valence-corrected chi connectivity index (χ0v) is 14.7. The summed E-state index contributed by atoms with van der Waals surface area (Å²) in [6.45, 7) is 4.27. The molecule has 1 aliphatic rings. The van der Waals surface area contributed by atoms with Crippen molar-refractivity contribution in [3.63, 3.8) is 0 Å². The maximum atomic E-state index is 10.7. The summed E-state index contributed by atoms with van der Waals surface area (Å²) in [5, 5.41) is 5.97. The van der Waals surface area contributed by atoms with Crippen LogP contribution in [0, 0.1) is 0 Å². The molecule has 7 heteroatoms.